The highest BCUT2D eigenvalue weighted by molar-refractivity contribution is 5.95. The number of phenols is 1. The van der Waals surface area contributed by atoms with Gasteiger partial charge in [0.15, 0.2) is 0 Å². The summed E-state index contributed by atoms with van der Waals surface area (Å²) in [4.78, 5) is 15.1. The van der Waals surface area contributed by atoms with Crippen LogP contribution in [-0.4, -0.2) is 58.1 Å². The zero-order chi connectivity index (χ0) is 25.6. The predicted octanol–water partition coefficient (Wildman–Crippen LogP) is 2.32. The Morgan fingerprint density at radius 3 is 2.49 bits per heavy atom. The van der Waals surface area contributed by atoms with E-state index in [0.717, 1.165) is 10.8 Å². The van der Waals surface area contributed by atoms with Crippen LogP contribution in [0.15, 0.2) is 48.7 Å². The zero-order valence-corrected chi connectivity index (χ0v) is 18.7. The molecule has 3 rings (SSSR count). The number of ether oxygens (including phenoxy) is 2. The molecule has 0 aliphatic rings. The van der Waals surface area contributed by atoms with Crippen molar-refractivity contribution in [2.45, 2.75) is 12.3 Å². The van der Waals surface area contributed by atoms with E-state index in [9.17, 15) is 28.2 Å². The molecular weight excluding hydrogens is 469 g/mol. The summed E-state index contributed by atoms with van der Waals surface area (Å²) in [5.74, 6) is -0.0117. The molecule has 0 spiro atoms. The quantitative estimate of drug-likeness (QED) is 0.301. The number of hydrogen-bond donors (Lipinski definition) is 4. The van der Waals surface area contributed by atoms with Crippen LogP contribution in [0.1, 0.15) is 16.1 Å². The predicted molar refractivity (Wildman–Crippen MR) is 120 cm³/mol. The SMILES string of the molecule is Cn1c(C(F)(F)F)cnc1-c1ccc(OCC(O)CNCCOc2ccc(O)c(C(N)=O)c2)cc1. The zero-order valence-electron chi connectivity index (χ0n) is 18.7. The molecule has 5 N–H and O–H groups in total. The maximum atomic E-state index is 12.9. The Morgan fingerprint density at radius 1 is 1.17 bits per heavy atom. The number of hydrogen-bond acceptors (Lipinski definition) is 7. The molecule has 0 saturated carbocycles. The maximum Gasteiger partial charge on any atom is 0.433 e. The van der Waals surface area contributed by atoms with Gasteiger partial charge in [0.1, 0.15) is 48.1 Å². The number of carbonyl (C=O) groups is 1. The van der Waals surface area contributed by atoms with Gasteiger partial charge in [0, 0.05) is 25.7 Å². The van der Waals surface area contributed by atoms with E-state index in [0.29, 0.717) is 23.6 Å². The molecule has 1 aromatic heterocycles. The lowest BCUT2D eigenvalue weighted by atomic mass is 10.2. The molecule has 1 amide bonds. The molecule has 0 bridgehead atoms. The van der Waals surface area contributed by atoms with E-state index in [1.807, 2.05) is 0 Å². The second-order valence-electron chi connectivity index (χ2n) is 7.61. The fourth-order valence-electron chi connectivity index (χ4n) is 3.20. The molecule has 2 aromatic carbocycles. The van der Waals surface area contributed by atoms with Crippen LogP contribution in [0.3, 0.4) is 0 Å². The summed E-state index contributed by atoms with van der Waals surface area (Å²) in [5, 5.41) is 22.6. The third-order valence-corrected chi connectivity index (χ3v) is 4.99. The molecule has 0 radical (unpaired) electrons. The molecule has 1 unspecified atom stereocenters. The average Bonchev–Trinajstić information content (AvgIpc) is 3.20. The lowest BCUT2D eigenvalue weighted by Crippen LogP contribution is -2.33. The van der Waals surface area contributed by atoms with Gasteiger partial charge in [0.2, 0.25) is 0 Å². The summed E-state index contributed by atoms with van der Waals surface area (Å²) in [6.07, 6.45) is -4.52. The van der Waals surface area contributed by atoms with Gasteiger partial charge in [-0.05, 0) is 42.5 Å². The van der Waals surface area contributed by atoms with Crippen LogP contribution in [0.4, 0.5) is 13.2 Å². The van der Waals surface area contributed by atoms with Crippen LogP contribution < -0.4 is 20.5 Å². The van der Waals surface area contributed by atoms with Crippen molar-refractivity contribution in [3.8, 4) is 28.6 Å². The number of imidazole rings is 1. The molecule has 9 nitrogen and oxygen atoms in total. The molecule has 0 aliphatic carbocycles. The minimum absolute atomic E-state index is 0.00619. The second kappa shape index (κ2) is 11.1. The van der Waals surface area contributed by atoms with Gasteiger partial charge in [-0.2, -0.15) is 13.2 Å². The largest absolute Gasteiger partial charge is 0.507 e. The molecule has 1 heterocycles. The molecular formula is C23H25F3N4O5. The monoisotopic (exact) mass is 494 g/mol. The van der Waals surface area contributed by atoms with Crippen LogP contribution in [-0.2, 0) is 13.2 Å². The highest BCUT2D eigenvalue weighted by Gasteiger charge is 2.35. The first-order valence-electron chi connectivity index (χ1n) is 10.5. The lowest BCUT2D eigenvalue weighted by molar-refractivity contribution is -0.143. The smallest absolute Gasteiger partial charge is 0.433 e. The second-order valence-corrected chi connectivity index (χ2v) is 7.61. The first-order chi connectivity index (χ1) is 16.6. The van der Waals surface area contributed by atoms with E-state index in [1.165, 1.54) is 25.2 Å². The summed E-state index contributed by atoms with van der Waals surface area (Å²) in [6.45, 7) is 0.841. The van der Waals surface area contributed by atoms with Crippen LogP contribution in [0.5, 0.6) is 17.2 Å². The number of alkyl halides is 3. The van der Waals surface area contributed by atoms with Crippen molar-refractivity contribution >= 4 is 5.91 Å². The number of halogens is 3. The van der Waals surface area contributed by atoms with Gasteiger partial charge in [-0.3, -0.25) is 4.79 Å². The van der Waals surface area contributed by atoms with E-state index in [2.05, 4.69) is 10.3 Å². The number of aromatic nitrogens is 2. The van der Waals surface area contributed by atoms with Crippen molar-refractivity contribution in [3.05, 3.63) is 59.9 Å². The Bertz CT molecular complexity index is 1150. The molecule has 12 heteroatoms. The van der Waals surface area contributed by atoms with Gasteiger partial charge >= 0.3 is 6.18 Å². The molecule has 35 heavy (non-hydrogen) atoms. The van der Waals surface area contributed by atoms with Crippen molar-refractivity contribution in [1.82, 2.24) is 14.9 Å². The highest BCUT2D eigenvalue weighted by atomic mass is 19.4. The Kier molecular flexibility index (Phi) is 8.20. The van der Waals surface area contributed by atoms with E-state index in [1.54, 1.807) is 24.3 Å². The lowest BCUT2D eigenvalue weighted by Gasteiger charge is -2.14. The Labute approximate surface area is 198 Å². The summed E-state index contributed by atoms with van der Waals surface area (Å²) >= 11 is 0. The van der Waals surface area contributed by atoms with Crippen molar-refractivity contribution in [1.29, 1.82) is 0 Å². The normalized spacial score (nSPS) is 12.4. The van der Waals surface area contributed by atoms with Gasteiger partial charge in [0.05, 0.1) is 11.8 Å². The van der Waals surface area contributed by atoms with Gasteiger partial charge in [-0.25, -0.2) is 4.98 Å². The number of aliphatic hydroxyl groups excluding tert-OH is 1. The maximum absolute atomic E-state index is 12.9. The Hall–Kier alpha value is -3.77. The van der Waals surface area contributed by atoms with Crippen LogP contribution >= 0.6 is 0 Å². The van der Waals surface area contributed by atoms with Crippen LogP contribution in [0, 0.1) is 0 Å². The van der Waals surface area contributed by atoms with E-state index < -0.39 is 23.9 Å². The summed E-state index contributed by atoms with van der Waals surface area (Å²) < 4.78 is 50.8. The summed E-state index contributed by atoms with van der Waals surface area (Å²) in [5.41, 5.74) is 4.79. The number of aliphatic hydroxyl groups is 1. The number of benzene rings is 2. The number of nitrogens with zero attached hydrogens (tertiary/aromatic N) is 2. The average molecular weight is 494 g/mol. The number of aromatic hydroxyl groups is 1. The minimum Gasteiger partial charge on any atom is -0.507 e. The fourth-order valence-corrected chi connectivity index (χ4v) is 3.20. The first-order valence-corrected chi connectivity index (χ1v) is 10.5. The number of nitrogens with one attached hydrogen (secondary N) is 1. The molecule has 0 aliphatic heterocycles. The number of rotatable bonds is 11. The molecule has 3 aromatic rings. The Morgan fingerprint density at radius 2 is 1.86 bits per heavy atom. The molecule has 188 valence electrons. The van der Waals surface area contributed by atoms with Gasteiger partial charge in [0.25, 0.3) is 5.91 Å². The Balaban J connectivity index is 1.39. The number of nitrogens with two attached hydrogens (primary N) is 1. The number of amides is 1. The summed E-state index contributed by atoms with van der Waals surface area (Å²) in [7, 11) is 1.30. The van der Waals surface area contributed by atoms with E-state index in [4.69, 9.17) is 15.2 Å². The van der Waals surface area contributed by atoms with Crippen LogP contribution in [0.2, 0.25) is 0 Å². The van der Waals surface area contributed by atoms with E-state index >= 15 is 0 Å². The van der Waals surface area contributed by atoms with Gasteiger partial charge in [-0.15, -0.1) is 0 Å². The third-order valence-electron chi connectivity index (χ3n) is 4.99. The minimum atomic E-state index is -4.49. The number of primary amides is 1. The van der Waals surface area contributed by atoms with Crippen molar-refractivity contribution in [2.75, 3.05) is 26.3 Å². The van der Waals surface area contributed by atoms with Crippen LogP contribution in [0.25, 0.3) is 11.4 Å². The highest BCUT2D eigenvalue weighted by Crippen LogP contribution is 2.32. The van der Waals surface area contributed by atoms with Crippen molar-refractivity contribution in [2.24, 2.45) is 12.8 Å². The van der Waals surface area contributed by atoms with E-state index in [-0.39, 0.29) is 36.9 Å². The third kappa shape index (κ3) is 6.87. The topological polar surface area (TPSA) is 132 Å². The fraction of sp³-hybridized carbons (Fsp3) is 0.304. The van der Waals surface area contributed by atoms with Crippen molar-refractivity contribution in [3.63, 3.8) is 0 Å². The molecule has 0 saturated heterocycles. The molecule has 0 fully saturated rings. The standard InChI is InChI=1S/C23H25F3N4O5/c1-30-20(23(24,25)26)12-29-22(30)14-2-4-16(5-3-14)35-13-15(31)11-28-8-9-34-17-6-7-19(32)18(10-17)21(27)33/h2-7,10,12,15,28,31-32H,8-9,11,13H2,1H3,(H2,27,33). The molecule has 1 atom stereocenters. The van der Waals surface area contributed by atoms with Gasteiger partial charge in [-0.1, -0.05) is 0 Å². The number of carbonyl (C=O) groups excluding carboxylic acids is 1. The summed E-state index contributed by atoms with van der Waals surface area (Å²) in [6, 6.07) is 10.5. The van der Waals surface area contributed by atoms with Crippen molar-refractivity contribution < 1.29 is 37.7 Å². The van der Waals surface area contributed by atoms with Gasteiger partial charge < -0.3 is 35.3 Å². The first kappa shape index (κ1) is 25.8.